The van der Waals surface area contributed by atoms with Gasteiger partial charge in [0.2, 0.25) is 5.28 Å². The highest BCUT2D eigenvalue weighted by Gasteiger charge is 2.72. The van der Waals surface area contributed by atoms with Gasteiger partial charge in [-0.15, -0.1) is 0 Å². The molecule has 0 saturated heterocycles. The maximum Gasteiger partial charge on any atom is 0.226 e. The number of anilines is 1. The van der Waals surface area contributed by atoms with Gasteiger partial charge >= 0.3 is 0 Å². The number of hydrogen-bond acceptors (Lipinski definition) is 7. The fourth-order valence-corrected chi connectivity index (χ4v) is 6.04. The van der Waals surface area contributed by atoms with Crippen LogP contribution in [0.25, 0.3) is 11.2 Å². The average Bonchev–Trinajstić information content (AvgIpc) is 2.90. The number of aromatic nitrogens is 4. The molecule has 24 heavy (non-hydrogen) atoms. The molecule has 1 unspecified atom stereocenters. The molecular weight excluding hydrogens is 357 g/mol. The first kappa shape index (κ1) is 16.2. The predicted octanol–water partition coefficient (Wildman–Crippen LogP) is 0.245. The fourth-order valence-electron chi connectivity index (χ4n) is 4.23. The lowest BCUT2D eigenvalue weighted by molar-refractivity contribution is -0.0133. The summed E-state index contributed by atoms with van der Waals surface area (Å²) >= 11 is 5.86. The molecule has 2 aliphatic carbocycles. The summed E-state index contributed by atoms with van der Waals surface area (Å²) in [5.41, 5.74) is 5.78. The lowest BCUT2D eigenvalue weighted by Gasteiger charge is -2.24. The number of halogens is 1. The monoisotopic (exact) mass is 373 g/mol. The van der Waals surface area contributed by atoms with Crippen molar-refractivity contribution < 1.29 is 19.7 Å². The van der Waals surface area contributed by atoms with E-state index in [1.54, 1.807) is 4.57 Å². The van der Waals surface area contributed by atoms with Crippen LogP contribution in [0.15, 0.2) is 6.33 Å². The van der Waals surface area contributed by atoms with Gasteiger partial charge in [0.05, 0.1) is 18.5 Å². The van der Waals surface area contributed by atoms with E-state index in [4.69, 9.17) is 17.3 Å². The molecular formula is C13H17ClN5O4P. The van der Waals surface area contributed by atoms with Crippen molar-refractivity contribution >= 4 is 36.0 Å². The zero-order chi connectivity index (χ0) is 17.4. The van der Waals surface area contributed by atoms with Gasteiger partial charge in [-0.1, -0.05) is 0 Å². The van der Waals surface area contributed by atoms with Gasteiger partial charge < -0.3 is 25.4 Å². The van der Waals surface area contributed by atoms with Crippen LogP contribution in [-0.2, 0) is 4.57 Å². The van der Waals surface area contributed by atoms with Crippen LogP contribution in [0, 0.1) is 11.3 Å². The third-order valence-electron chi connectivity index (χ3n) is 5.18. The number of rotatable bonds is 3. The molecule has 0 radical (unpaired) electrons. The van der Waals surface area contributed by atoms with Crippen LogP contribution >= 0.6 is 19.0 Å². The highest BCUT2D eigenvalue weighted by Crippen LogP contribution is 2.71. The summed E-state index contributed by atoms with van der Waals surface area (Å²) in [5.74, 6) is -0.0115. The minimum atomic E-state index is -3.33. The van der Waals surface area contributed by atoms with Gasteiger partial charge in [0.15, 0.2) is 18.8 Å². The maximum atomic E-state index is 11.8. The maximum absolute atomic E-state index is 11.8. The molecule has 5 N–H and O–H groups in total. The molecule has 0 bridgehead atoms. The van der Waals surface area contributed by atoms with E-state index >= 15 is 0 Å². The van der Waals surface area contributed by atoms with E-state index in [9.17, 15) is 19.7 Å². The van der Waals surface area contributed by atoms with Crippen molar-refractivity contribution in [3.8, 4) is 0 Å². The Balaban J connectivity index is 1.78. The van der Waals surface area contributed by atoms with E-state index in [1.807, 2.05) is 0 Å². The topological polar surface area (TPSA) is 147 Å². The Labute approximate surface area is 142 Å². The second-order valence-corrected chi connectivity index (χ2v) is 9.64. The first-order valence-corrected chi connectivity index (χ1v) is 10.1. The lowest BCUT2D eigenvalue weighted by Crippen LogP contribution is -2.35. The van der Waals surface area contributed by atoms with E-state index in [1.165, 1.54) is 13.0 Å². The molecule has 9 nitrogen and oxygen atoms in total. The van der Waals surface area contributed by atoms with Gasteiger partial charge in [-0.2, -0.15) is 9.97 Å². The number of nitrogens with zero attached hydrogens (tertiary/aromatic N) is 4. The van der Waals surface area contributed by atoms with Crippen molar-refractivity contribution in [2.45, 2.75) is 24.7 Å². The normalized spacial score (nSPS) is 37.4. The molecule has 6 atom stereocenters. The highest BCUT2D eigenvalue weighted by atomic mass is 35.5. The van der Waals surface area contributed by atoms with Gasteiger partial charge in [0, 0.05) is 18.2 Å². The summed E-state index contributed by atoms with van der Waals surface area (Å²) in [5, 5.41) is 20.9. The SMILES string of the molecule is CP(=O)(O)C[C@@]12C[C@@H]1[C@@H](n1cnc3c(N)nc(Cl)nc31)[C@H](O)[C@@H]2O. The minimum Gasteiger partial charge on any atom is -0.390 e. The van der Waals surface area contributed by atoms with Crippen LogP contribution in [-0.4, -0.2) is 59.7 Å². The molecule has 0 amide bonds. The molecule has 11 heteroatoms. The standard InChI is InChI=1S/C13H17ClN5O4P/c1-24(22,23)3-13-2-5(13)7(8(20)9(13)21)19-4-16-6-10(15)17-12(14)18-11(6)19/h4-5,7-9,20-21H,2-3H2,1H3,(H,22,23)(H2,15,17,18)/t5-,7-,8+,9+,13+/m1/s1. The molecule has 2 heterocycles. The van der Waals surface area contributed by atoms with Crippen LogP contribution in [0.2, 0.25) is 5.28 Å². The third kappa shape index (κ3) is 2.19. The Bertz CT molecular complexity index is 885. The Hall–Kier alpha value is -1.25. The van der Waals surface area contributed by atoms with Crippen LogP contribution in [0.3, 0.4) is 0 Å². The van der Waals surface area contributed by atoms with Gasteiger partial charge in [-0.25, -0.2) is 4.98 Å². The summed E-state index contributed by atoms with van der Waals surface area (Å²) < 4.78 is 13.5. The van der Waals surface area contributed by atoms with E-state index in [0.717, 1.165) is 0 Å². The number of nitrogen functional groups attached to an aromatic ring is 1. The van der Waals surface area contributed by atoms with E-state index in [-0.39, 0.29) is 23.2 Å². The van der Waals surface area contributed by atoms with Crippen LogP contribution in [0.1, 0.15) is 12.5 Å². The first-order valence-electron chi connectivity index (χ1n) is 7.45. The largest absolute Gasteiger partial charge is 0.390 e. The van der Waals surface area contributed by atoms with Crippen molar-refractivity contribution in [3.05, 3.63) is 11.6 Å². The summed E-state index contributed by atoms with van der Waals surface area (Å²) in [6.07, 6.45) is -0.166. The molecule has 0 spiro atoms. The smallest absolute Gasteiger partial charge is 0.226 e. The van der Waals surface area contributed by atoms with Gasteiger partial charge in [-0.3, -0.25) is 4.57 Å². The Morgan fingerprint density at radius 3 is 2.88 bits per heavy atom. The Morgan fingerprint density at radius 2 is 2.21 bits per heavy atom. The molecule has 4 rings (SSSR count). The quantitative estimate of drug-likeness (QED) is 0.442. The van der Waals surface area contributed by atoms with Gasteiger partial charge in [0.1, 0.15) is 11.6 Å². The molecule has 2 fully saturated rings. The fraction of sp³-hybridized carbons (Fsp3) is 0.615. The average molecular weight is 374 g/mol. The van der Waals surface area contributed by atoms with Crippen molar-refractivity contribution in [3.63, 3.8) is 0 Å². The predicted molar refractivity (Wildman–Crippen MR) is 87.0 cm³/mol. The van der Waals surface area contributed by atoms with Crippen LogP contribution in [0.4, 0.5) is 5.82 Å². The van der Waals surface area contributed by atoms with E-state index in [0.29, 0.717) is 17.6 Å². The first-order chi connectivity index (χ1) is 11.1. The highest BCUT2D eigenvalue weighted by molar-refractivity contribution is 7.57. The molecule has 2 saturated carbocycles. The minimum absolute atomic E-state index is 0.0239. The summed E-state index contributed by atoms with van der Waals surface area (Å²) in [4.78, 5) is 21.9. The summed E-state index contributed by atoms with van der Waals surface area (Å²) in [7, 11) is -3.33. The van der Waals surface area contributed by atoms with Gasteiger partial charge in [-0.05, 0) is 23.9 Å². The number of nitrogens with two attached hydrogens (primary N) is 1. The third-order valence-corrected chi connectivity index (χ3v) is 6.53. The number of aliphatic hydroxyl groups is 2. The van der Waals surface area contributed by atoms with Crippen molar-refractivity contribution in [1.29, 1.82) is 0 Å². The number of fused-ring (bicyclic) bond motifs is 2. The van der Waals surface area contributed by atoms with E-state index < -0.39 is 31.0 Å². The Kier molecular flexibility index (Phi) is 3.31. The van der Waals surface area contributed by atoms with E-state index in [2.05, 4.69) is 15.0 Å². The number of aliphatic hydroxyl groups excluding tert-OH is 2. The Morgan fingerprint density at radius 1 is 1.50 bits per heavy atom. The molecule has 0 aliphatic heterocycles. The van der Waals surface area contributed by atoms with Crippen LogP contribution < -0.4 is 5.73 Å². The number of hydrogen-bond donors (Lipinski definition) is 4. The van der Waals surface area contributed by atoms with Crippen LogP contribution in [0.5, 0.6) is 0 Å². The summed E-state index contributed by atoms with van der Waals surface area (Å²) in [6.45, 7) is 1.27. The molecule has 2 aliphatic rings. The molecule has 0 aromatic carbocycles. The zero-order valence-electron chi connectivity index (χ0n) is 12.7. The van der Waals surface area contributed by atoms with Crippen molar-refractivity contribution in [2.24, 2.45) is 11.3 Å². The molecule has 2 aromatic rings. The number of imidazole rings is 1. The lowest BCUT2D eigenvalue weighted by atomic mass is 10.0. The molecule has 130 valence electrons. The van der Waals surface area contributed by atoms with Crippen molar-refractivity contribution in [2.75, 3.05) is 18.6 Å². The second-order valence-electron chi connectivity index (χ2n) is 6.88. The zero-order valence-corrected chi connectivity index (χ0v) is 14.4. The summed E-state index contributed by atoms with van der Waals surface area (Å²) in [6, 6.07) is -0.512. The van der Waals surface area contributed by atoms with Gasteiger partial charge in [0.25, 0.3) is 0 Å². The van der Waals surface area contributed by atoms with Crippen molar-refractivity contribution in [1.82, 2.24) is 19.5 Å². The molecule has 2 aromatic heterocycles. The second kappa shape index (κ2) is 4.89.